The molecule has 4 heterocycles. The number of pyridine rings is 1. The minimum absolute atomic E-state index is 0.0697. The molecule has 8 nitrogen and oxygen atoms in total. The van der Waals surface area contributed by atoms with Gasteiger partial charge in [0.05, 0.1) is 18.0 Å². The van der Waals surface area contributed by atoms with E-state index in [1.54, 1.807) is 18.5 Å². The molecule has 1 fully saturated rings. The Labute approximate surface area is 179 Å². The van der Waals surface area contributed by atoms with E-state index in [-0.39, 0.29) is 22.9 Å². The highest BCUT2D eigenvalue weighted by Gasteiger charge is 2.20. The average Bonchev–Trinajstić information content (AvgIpc) is 3.05. The van der Waals surface area contributed by atoms with Crippen molar-refractivity contribution in [1.29, 1.82) is 0 Å². The molecule has 4 aromatic rings. The molecule has 0 bridgehead atoms. The molecular formula is C23H22N7O. The summed E-state index contributed by atoms with van der Waals surface area (Å²) in [5.74, 6) is 0.267. The number of ketones is 1. The first-order chi connectivity index (χ1) is 15.2. The maximum atomic E-state index is 13.3. The second-order valence-electron chi connectivity index (χ2n) is 7.55. The van der Waals surface area contributed by atoms with Crippen LogP contribution in [0, 0.1) is 0 Å². The van der Waals surface area contributed by atoms with Gasteiger partial charge in [-0.2, -0.15) is 0 Å². The summed E-state index contributed by atoms with van der Waals surface area (Å²) in [5, 5.41) is 4.40. The number of carbonyl (C=O) groups excluding carboxylic acids is 1. The molecule has 1 aliphatic heterocycles. The highest BCUT2D eigenvalue weighted by atomic mass is 16.1. The molecule has 0 saturated carbocycles. The fraction of sp³-hybridized carbons (Fsp3) is 0.217. The molecule has 1 radical (unpaired) electrons. The van der Waals surface area contributed by atoms with E-state index < -0.39 is 0 Å². The first kappa shape index (κ1) is 19.2. The molecule has 0 unspecified atom stereocenters. The number of rotatable bonds is 4. The van der Waals surface area contributed by atoms with Crippen LogP contribution in [0.25, 0.3) is 22.0 Å². The van der Waals surface area contributed by atoms with Gasteiger partial charge in [0.15, 0.2) is 5.82 Å². The Morgan fingerprint density at radius 1 is 1.10 bits per heavy atom. The summed E-state index contributed by atoms with van der Waals surface area (Å²) in [6.45, 7) is 3.51. The molecule has 1 aromatic carbocycles. The number of para-hydroxylation sites is 1. The Morgan fingerprint density at radius 2 is 2.00 bits per heavy atom. The van der Waals surface area contributed by atoms with E-state index in [4.69, 9.17) is 5.73 Å². The highest BCUT2D eigenvalue weighted by molar-refractivity contribution is 6.11. The highest BCUT2D eigenvalue weighted by Crippen LogP contribution is 2.30. The number of nitrogens with zero attached hydrogens (tertiary/aromatic N) is 4. The van der Waals surface area contributed by atoms with Crippen molar-refractivity contribution in [3.8, 4) is 11.1 Å². The fourth-order valence-corrected chi connectivity index (χ4v) is 3.93. The summed E-state index contributed by atoms with van der Waals surface area (Å²) >= 11 is 0. The Hall–Kier alpha value is -3.78. The maximum absolute atomic E-state index is 13.3. The minimum Gasteiger partial charge on any atom is -0.361 e. The molecule has 0 atom stereocenters. The van der Waals surface area contributed by atoms with Crippen LogP contribution >= 0.6 is 0 Å². The van der Waals surface area contributed by atoms with E-state index in [1.807, 2.05) is 30.5 Å². The van der Waals surface area contributed by atoms with Crippen molar-refractivity contribution in [3.05, 3.63) is 66.4 Å². The molecule has 3 aromatic heterocycles. The molecule has 155 valence electrons. The number of aromatic amines is 1. The smallest absolute Gasteiger partial charge is 0.216 e. The van der Waals surface area contributed by atoms with E-state index >= 15 is 0 Å². The zero-order chi connectivity index (χ0) is 21.2. The van der Waals surface area contributed by atoms with E-state index in [2.05, 4.69) is 30.2 Å². The zero-order valence-electron chi connectivity index (χ0n) is 16.9. The van der Waals surface area contributed by atoms with Crippen molar-refractivity contribution in [2.45, 2.75) is 6.42 Å². The van der Waals surface area contributed by atoms with E-state index in [0.29, 0.717) is 5.82 Å². The zero-order valence-corrected chi connectivity index (χ0v) is 16.9. The predicted molar refractivity (Wildman–Crippen MR) is 119 cm³/mol. The SMILES string of the molecule is [NH]c1ncc(-c2c[nH]c3ccccc23)cc1C(=O)c1cncc(N2CCCNCC2)n1. The van der Waals surface area contributed by atoms with Crippen LogP contribution in [0.1, 0.15) is 22.5 Å². The van der Waals surface area contributed by atoms with Crippen LogP contribution in [0.5, 0.6) is 0 Å². The molecule has 1 aliphatic rings. The molecule has 8 heteroatoms. The monoisotopic (exact) mass is 412 g/mol. The van der Waals surface area contributed by atoms with Gasteiger partial charge in [-0.3, -0.25) is 15.5 Å². The van der Waals surface area contributed by atoms with Gasteiger partial charge < -0.3 is 15.2 Å². The van der Waals surface area contributed by atoms with Crippen molar-refractivity contribution < 1.29 is 4.79 Å². The number of benzene rings is 1. The number of anilines is 1. The second-order valence-corrected chi connectivity index (χ2v) is 7.55. The quantitative estimate of drug-likeness (QED) is 0.499. The van der Waals surface area contributed by atoms with Crippen molar-refractivity contribution in [1.82, 2.24) is 31.0 Å². The van der Waals surface area contributed by atoms with Gasteiger partial charge in [0.1, 0.15) is 11.5 Å². The lowest BCUT2D eigenvalue weighted by Crippen LogP contribution is -2.29. The Kier molecular flexibility index (Phi) is 5.05. The molecule has 0 amide bonds. The molecule has 0 aliphatic carbocycles. The van der Waals surface area contributed by atoms with E-state index in [1.165, 1.54) is 6.20 Å². The largest absolute Gasteiger partial charge is 0.361 e. The summed E-state index contributed by atoms with van der Waals surface area (Å²) < 4.78 is 0. The third-order valence-corrected chi connectivity index (χ3v) is 5.55. The maximum Gasteiger partial charge on any atom is 0.216 e. The normalized spacial score (nSPS) is 14.5. The van der Waals surface area contributed by atoms with Crippen LogP contribution in [0.4, 0.5) is 11.6 Å². The summed E-state index contributed by atoms with van der Waals surface area (Å²) in [4.78, 5) is 31.6. The van der Waals surface area contributed by atoms with Crippen molar-refractivity contribution in [2.24, 2.45) is 0 Å². The number of hydrogen-bond donors (Lipinski definition) is 2. The molecule has 5 rings (SSSR count). The van der Waals surface area contributed by atoms with E-state index in [0.717, 1.165) is 54.6 Å². The summed E-state index contributed by atoms with van der Waals surface area (Å²) in [5.41, 5.74) is 11.4. The van der Waals surface area contributed by atoms with Crippen LogP contribution in [0.3, 0.4) is 0 Å². The van der Waals surface area contributed by atoms with Crippen LogP contribution in [0.15, 0.2) is 55.1 Å². The molecule has 3 N–H and O–H groups in total. The van der Waals surface area contributed by atoms with Crippen LogP contribution in [-0.4, -0.2) is 51.9 Å². The summed E-state index contributed by atoms with van der Waals surface area (Å²) in [7, 11) is 0. The summed E-state index contributed by atoms with van der Waals surface area (Å²) in [6, 6.07) is 9.67. The third kappa shape index (κ3) is 3.73. The Morgan fingerprint density at radius 3 is 2.94 bits per heavy atom. The van der Waals surface area contributed by atoms with Crippen molar-refractivity contribution in [2.75, 3.05) is 31.1 Å². The average molecular weight is 412 g/mol. The first-order valence-electron chi connectivity index (χ1n) is 10.3. The van der Waals surface area contributed by atoms with Crippen LogP contribution in [0.2, 0.25) is 0 Å². The van der Waals surface area contributed by atoms with Crippen LogP contribution in [-0.2, 0) is 0 Å². The first-order valence-corrected chi connectivity index (χ1v) is 10.3. The lowest BCUT2D eigenvalue weighted by Gasteiger charge is -2.20. The lowest BCUT2D eigenvalue weighted by molar-refractivity contribution is 0.103. The van der Waals surface area contributed by atoms with E-state index in [9.17, 15) is 4.79 Å². The number of aromatic nitrogens is 4. The van der Waals surface area contributed by atoms with Gasteiger partial charge in [-0.15, -0.1) is 0 Å². The van der Waals surface area contributed by atoms with Crippen LogP contribution < -0.4 is 16.0 Å². The molecule has 0 spiro atoms. The predicted octanol–water partition coefficient (Wildman–Crippen LogP) is 2.97. The standard InChI is InChI=1S/C23H22N7O/c24-23-17(10-15(11-28-23)18-12-27-19-5-2-1-4-16(18)19)22(31)20-13-26-14-21(29-20)30-8-3-6-25-7-9-30/h1-2,4-5,10-14,24-25,27H,3,6-9H2. The third-order valence-electron chi connectivity index (χ3n) is 5.55. The van der Waals surface area contributed by atoms with Gasteiger partial charge in [-0.1, -0.05) is 18.2 Å². The van der Waals surface area contributed by atoms with Gasteiger partial charge in [0.25, 0.3) is 0 Å². The van der Waals surface area contributed by atoms with Gasteiger partial charge in [-0.05, 0) is 25.1 Å². The minimum atomic E-state index is -0.346. The molecule has 1 saturated heterocycles. The van der Waals surface area contributed by atoms with Crippen molar-refractivity contribution >= 4 is 28.3 Å². The van der Waals surface area contributed by atoms with Gasteiger partial charge in [0.2, 0.25) is 5.78 Å². The molecule has 31 heavy (non-hydrogen) atoms. The lowest BCUT2D eigenvalue weighted by atomic mass is 10.0. The van der Waals surface area contributed by atoms with Gasteiger partial charge >= 0.3 is 0 Å². The Bertz CT molecular complexity index is 1240. The van der Waals surface area contributed by atoms with Crippen molar-refractivity contribution in [3.63, 3.8) is 0 Å². The number of hydrogen-bond acceptors (Lipinski definition) is 6. The molecular weight excluding hydrogens is 390 g/mol. The Balaban J connectivity index is 1.50. The van der Waals surface area contributed by atoms with Gasteiger partial charge in [0, 0.05) is 54.1 Å². The number of H-pyrrole nitrogens is 1. The fourth-order valence-electron chi connectivity index (χ4n) is 3.93. The second kappa shape index (κ2) is 8.16. The summed E-state index contributed by atoms with van der Waals surface area (Å²) in [6.07, 6.45) is 7.67. The van der Waals surface area contributed by atoms with Gasteiger partial charge in [-0.25, -0.2) is 9.97 Å². The number of fused-ring (bicyclic) bond motifs is 1. The number of nitrogens with one attached hydrogen (secondary N) is 3. The number of carbonyl (C=O) groups is 1. The topological polar surface area (TPSA) is 111 Å².